The van der Waals surface area contributed by atoms with E-state index in [0.717, 1.165) is 5.56 Å². The molecule has 0 spiro atoms. The molecule has 6 heteroatoms. The lowest BCUT2D eigenvalue weighted by Gasteiger charge is -2.35. The lowest BCUT2D eigenvalue weighted by atomic mass is 10.1. The molecule has 0 radical (unpaired) electrons. The molecule has 1 fully saturated rings. The molecule has 0 aliphatic carbocycles. The Morgan fingerprint density at radius 3 is 1.96 bits per heavy atom. The smallest absolute Gasteiger partial charge is 0.257 e. The second kappa shape index (κ2) is 8.12. The second-order valence-electron chi connectivity index (χ2n) is 6.47. The molecule has 2 aromatic rings. The molecular formula is C21H24N2O4. The topological polar surface area (TPSA) is 59.1 Å². The Kier molecular flexibility index (Phi) is 5.64. The van der Waals surface area contributed by atoms with Crippen LogP contribution >= 0.6 is 0 Å². The first-order valence-corrected chi connectivity index (χ1v) is 8.91. The van der Waals surface area contributed by atoms with Gasteiger partial charge in [-0.2, -0.15) is 0 Å². The number of piperazine rings is 1. The molecule has 0 unspecified atom stereocenters. The van der Waals surface area contributed by atoms with Crippen LogP contribution in [0.15, 0.2) is 42.5 Å². The van der Waals surface area contributed by atoms with Crippen LogP contribution in [0.1, 0.15) is 26.3 Å². The third-order valence-electron chi connectivity index (χ3n) is 4.87. The zero-order chi connectivity index (χ0) is 19.4. The number of hydrogen-bond donors (Lipinski definition) is 0. The van der Waals surface area contributed by atoms with E-state index in [4.69, 9.17) is 9.47 Å². The summed E-state index contributed by atoms with van der Waals surface area (Å²) >= 11 is 0. The average molecular weight is 368 g/mol. The minimum absolute atomic E-state index is 0.0131. The van der Waals surface area contributed by atoms with Crippen molar-refractivity contribution in [1.82, 2.24) is 9.80 Å². The van der Waals surface area contributed by atoms with Crippen LogP contribution < -0.4 is 9.47 Å². The maximum absolute atomic E-state index is 12.9. The number of carbonyl (C=O) groups excluding carboxylic acids is 2. The van der Waals surface area contributed by atoms with Gasteiger partial charge in [-0.1, -0.05) is 18.2 Å². The summed E-state index contributed by atoms with van der Waals surface area (Å²) in [5.74, 6) is 1.01. The third-order valence-corrected chi connectivity index (χ3v) is 4.87. The molecule has 1 aliphatic heterocycles. The van der Waals surface area contributed by atoms with Gasteiger partial charge in [0.05, 0.1) is 19.8 Å². The number of amides is 2. The van der Waals surface area contributed by atoms with Crippen molar-refractivity contribution in [3.05, 3.63) is 59.2 Å². The van der Waals surface area contributed by atoms with Gasteiger partial charge in [0.15, 0.2) is 0 Å². The van der Waals surface area contributed by atoms with Crippen LogP contribution in [0, 0.1) is 6.92 Å². The number of nitrogens with zero attached hydrogens (tertiary/aromatic N) is 2. The summed E-state index contributed by atoms with van der Waals surface area (Å²) in [6.45, 7) is 3.91. The number of methoxy groups -OCH3 is 2. The summed E-state index contributed by atoms with van der Waals surface area (Å²) in [5.41, 5.74) is 2.14. The van der Waals surface area contributed by atoms with Gasteiger partial charge in [-0.25, -0.2) is 0 Å². The highest BCUT2D eigenvalue weighted by Gasteiger charge is 2.27. The fraction of sp³-hybridized carbons (Fsp3) is 0.333. The minimum atomic E-state index is -0.117. The highest BCUT2D eigenvalue weighted by molar-refractivity contribution is 5.98. The predicted molar refractivity (Wildman–Crippen MR) is 103 cm³/mol. The Morgan fingerprint density at radius 2 is 1.41 bits per heavy atom. The summed E-state index contributed by atoms with van der Waals surface area (Å²) < 4.78 is 10.5. The lowest BCUT2D eigenvalue weighted by molar-refractivity contribution is 0.0533. The Labute approximate surface area is 159 Å². The van der Waals surface area contributed by atoms with Gasteiger partial charge in [-0.15, -0.1) is 0 Å². The molecular weight excluding hydrogens is 344 g/mol. The molecule has 2 amide bonds. The first kappa shape index (κ1) is 18.8. The molecule has 0 bridgehead atoms. The van der Waals surface area contributed by atoms with Crippen molar-refractivity contribution in [1.29, 1.82) is 0 Å². The molecule has 3 rings (SSSR count). The van der Waals surface area contributed by atoms with Crippen molar-refractivity contribution in [2.24, 2.45) is 0 Å². The van der Waals surface area contributed by atoms with Gasteiger partial charge in [0, 0.05) is 31.7 Å². The van der Waals surface area contributed by atoms with Gasteiger partial charge < -0.3 is 19.3 Å². The van der Waals surface area contributed by atoms with Crippen LogP contribution in [0.3, 0.4) is 0 Å². The van der Waals surface area contributed by atoms with Gasteiger partial charge >= 0.3 is 0 Å². The van der Waals surface area contributed by atoms with E-state index in [1.165, 1.54) is 7.11 Å². The van der Waals surface area contributed by atoms with Crippen LogP contribution in [0.2, 0.25) is 0 Å². The quantitative estimate of drug-likeness (QED) is 0.832. The lowest BCUT2D eigenvalue weighted by Crippen LogP contribution is -2.50. The minimum Gasteiger partial charge on any atom is -0.497 e. The van der Waals surface area contributed by atoms with Crippen LogP contribution in [0.5, 0.6) is 11.5 Å². The normalized spacial score (nSPS) is 14.0. The standard InChI is InChI=1S/C21H24N2O4/c1-15-6-4-5-7-17(15)20(24)22-10-12-23(13-11-22)21(25)18-14-16(26-2)8-9-19(18)27-3/h4-9,14H,10-13H2,1-3H3. The molecule has 1 aliphatic rings. The summed E-state index contributed by atoms with van der Waals surface area (Å²) in [4.78, 5) is 29.2. The molecule has 0 saturated carbocycles. The van der Waals surface area contributed by atoms with Gasteiger partial charge in [0.25, 0.3) is 11.8 Å². The van der Waals surface area contributed by atoms with Gasteiger partial charge in [0.1, 0.15) is 11.5 Å². The molecule has 6 nitrogen and oxygen atoms in total. The van der Waals surface area contributed by atoms with Crippen molar-refractivity contribution < 1.29 is 19.1 Å². The van der Waals surface area contributed by atoms with Crippen molar-refractivity contribution in [2.45, 2.75) is 6.92 Å². The van der Waals surface area contributed by atoms with E-state index in [9.17, 15) is 9.59 Å². The summed E-state index contributed by atoms with van der Waals surface area (Å²) in [6, 6.07) is 12.7. The third kappa shape index (κ3) is 3.89. The number of rotatable bonds is 4. The molecule has 142 valence electrons. The summed E-state index contributed by atoms with van der Waals surface area (Å²) in [6.07, 6.45) is 0. The molecule has 1 saturated heterocycles. The molecule has 27 heavy (non-hydrogen) atoms. The second-order valence-corrected chi connectivity index (χ2v) is 6.47. The van der Waals surface area contributed by atoms with Crippen molar-refractivity contribution >= 4 is 11.8 Å². The zero-order valence-corrected chi connectivity index (χ0v) is 15.9. The monoisotopic (exact) mass is 368 g/mol. The SMILES string of the molecule is COc1ccc(OC)c(C(=O)N2CCN(C(=O)c3ccccc3C)CC2)c1. The largest absolute Gasteiger partial charge is 0.497 e. The molecule has 1 heterocycles. The number of aryl methyl sites for hydroxylation is 1. The van der Waals surface area contributed by atoms with E-state index in [1.54, 1.807) is 35.1 Å². The van der Waals surface area contributed by atoms with Crippen molar-refractivity contribution in [3.63, 3.8) is 0 Å². The van der Waals surface area contributed by atoms with E-state index in [0.29, 0.717) is 48.8 Å². The number of benzene rings is 2. The number of ether oxygens (including phenoxy) is 2. The van der Waals surface area contributed by atoms with Crippen LogP contribution in [0.25, 0.3) is 0 Å². The number of hydrogen-bond acceptors (Lipinski definition) is 4. The van der Waals surface area contributed by atoms with Gasteiger partial charge in [0.2, 0.25) is 0 Å². The Morgan fingerprint density at radius 1 is 0.815 bits per heavy atom. The average Bonchev–Trinajstić information content (AvgIpc) is 2.72. The van der Waals surface area contributed by atoms with Gasteiger partial charge in [-0.05, 0) is 36.8 Å². The van der Waals surface area contributed by atoms with E-state index in [-0.39, 0.29) is 11.8 Å². The van der Waals surface area contributed by atoms with E-state index < -0.39 is 0 Å². The van der Waals surface area contributed by atoms with E-state index in [2.05, 4.69) is 0 Å². The highest BCUT2D eigenvalue weighted by atomic mass is 16.5. The summed E-state index contributed by atoms with van der Waals surface area (Å²) in [5, 5.41) is 0. The molecule has 0 atom stereocenters. The zero-order valence-electron chi connectivity index (χ0n) is 15.9. The predicted octanol–water partition coefficient (Wildman–Crippen LogP) is 2.61. The number of carbonyl (C=O) groups is 2. The van der Waals surface area contributed by atoms with Crippen molar-refractivity contribution in [2.75, 3.05) is 40.4 Å². The van der Waals surface area contributed by atoms with Crippen molar-refractivity contribution in [3.8, 4) is 11.5 Å². The summed E-state index contributed by atoms with van der Waals surface area (Å²) in [7, 11) is 3.10. The maximum atomic E-state index is 12.9. The Hall–Kier alpha value is -3.02. The Balaban J connectivity index is 1.70. The van der Waals surface area contributed by atoms with Crippen LogP contribution in [0.4, 0.5) is 0 Å². The molecule has 0 aromatic heterocycles. The van der Waals surface area contributed by atoms with Crippen LogP contribution in [-0.4, -0.2) is 62.0 Å². The molecule has 2 aromatic carbocycles. The van der Waals surface area contributed by atoms with E-state index in [1.807, 2.05) is 31.2 Å². The van der Waals surface area contributed by atoms with Gasteiger partial charge in [-0.3, -0.25) is 9.59 Å². The first-order valence-electron chi connectivity index (χ1n) is 8.91. The first-order chi connectivity index (χ1) is 13.0. The maximum Gasteiger partial charge on any atom is 0.257 e. The fourth-order valence-corrected chi connectivity index (χ4v) is 3.25. The molecule has 0 N–H and O–H groups in total. The fourth-order valence-electron chi connectivity index (χ4n) is 3.25. The van der Waals surface area contributed by atoms with E-state index >= 15 is 0 Å². The van der Waals surface area contributed by atoms with Crippen LogP contribution in [-0.2, 0) is 0 Å². The highest BCUT2D eigenvalue weighted by Crippen LogP contribution is 2.26. The Bertz CT molecular complexity index is 842.